The minimum atomic E-state index is -0.652. The molecule has 0 saturated carbocycles. The Labute approximate surface area is 186 Å². The van der Waals surface area contributed by atoms with Gasteiger partial charge in [0.05, 0.1) is 0 Å². The van der Waals surface area contributed by atoms with E-state index < -0.39 is 18.1 Å². The molecule has 0 spiro atoms. The van der Waals surface area contributed by atoms with E-state index in [1.165, 1.54) is 5.56 Å². The highest BCUT2D eigenvalue weighted by atomic mass is 16.6. The smallest absolute Gasteiger partial charge is 0.415 e. The van der Waals surface area contributed by atoms with Crippen LogP contribution >= 0.6 is 0 Å². The van der Waals surface area contributed by atoms with Gasteiger partial charge in [-0.1, -0.05) is 48.9 Å². The number of hydrogen-bond acceptors (Lipinski definition) is 6. The fourth-order valence-electron chi connectivity index (χ4n) is 3.37. The SMILES string of the molecule is O=C1NC(CCCCc2ccc(OCc3coc(C=Cc4ccccc4)n3)cc2)C(=O)O1. The van der Waals surface area contributed by atoms with Gasteiger partial charge in [-0.15, -0.1) is 0 Å². The molecule has 1 atom stereocenters. The van der Waals surface area contributed by atoms with Crippen LogP contribution in [0.5, 0.6) is 5.75 Å². The van der Waals surface area contributed by atoms with Crippen LogP contribution in [0.2, 0.25) is 0 Å². The normalized spacial score (nSPS) is 15.7. The van der Waals surface area contributed by atoms with E-state index in [0.717, 1.165) is 36.3 Å². The van der Waals surface area contributed by atoms with E-state index in [-0.39, 0.29) is 0 Å². The first-order valence-electron chi connectivity index (χ1n) is 10.6. The number of rotatable bonds is 10. The van der Waals surface area contributed by atoms with E-state index in [0.29, 0.717) is 18.9 Å². The molecule has 2 aromatic carbocycles. The van der Waals surface area contributed by atoms with Gasteiger partial charge in [0.25, 0.3) is 0 Å². The second-order valence-electron chi connectivity index (χ2n) is 7.50. The molecule has 0 bridgehead atoms. The van der Waals surface area contributed by atoms with Gasteiger partial charge in [0.2, 0.25) is 5.89 Å². The third-order valence-electron chi connectivity index (χ3n) is 5.08. The highest BCUT2D eigenvalue weighted by Crippen LogP contribution is 2.17. The Morgan fingerprint density at radius 2 is 1.81 bits per heavy atom. The summed E-state index contributed by atoms with van der Waals surface area (Å²) in [5.41, 5.74) is 2.99. The lowest BCUT2D eigenvalue weighted by atomic mass is 10.0. The molecule has 1 aliphatic heterocycles. The third-order valence-corrected chi connectivity index (χ3v) is 5.08. The molecule has 4 rings (SSSR count). The molecule has 1 fully saturated rings. The summed E-state index contributed by atoms with van der Waals surface area (Å²) in [4.78, 5) is 26.8. The summed E-state index contributed by atoms with van der Waals surface area (Å²) in [6.07, 6.45) is 7.94. The minimum absolute atomic E-state index is 0.325. The number of amides is 1. The number of benzene rings is 2. The van der Waals surface area contributed by atoms with Crippen molar-refractivity contribution in [1.29, 1.82) is 0 Å². The van der Waals surface area contributed by atoms with E-state index in [4.69, 9.17) is 9.15 Å². The highest BCUT2D eigenvalue weighted by Gasteiger charge is 2.31. The Kier molecular flexibility index (Phi) is 6.97. The zero-order chi connectivity index (χ0) is 22.2. The fourth-order valence-corrected chi connectivity index (χ4v) is 3.37. The molecule has 32 heavy (non-hydrogen) atoms. The van der Waals surface area contributed by atoms with Crippen LogP contribution in [0.4, 0.5) is 4.79 Å². The number of ether oxygens (including phenoxy) is 2. The number of aryl methyl sites for hydroxylation is 1. The molecule has 1 aromatic heterocycles. The summed E-state index contributed by atoms with van der Waals surface area (Å²) in [7, 11) is 0. The average molecular weight is 432 g/mol. The molecule has 0 radical (unpaired) electrons. The molecule has 1 amide bonds. The van der Waals surface area contributed by atoms with Crippen LogP contribution in [0.25, 0.3) is 12.2 Å². The van der Waals surface area contributed by atoms with Crippen molar-refractivity contribution in [2.45, 2.75) is 38.3 Å². The first kappa shape index (κ1) is 21.4. The van der Waals surface area contributed by atoms with Crippen LogP contribution in [-0.2, 0) is 22.6 Å². The van der Waals surface area contributed by atoms with Crippen molar-refractivity contribution in [1.82, 2.24) is 10.3 Å². The number of oxazole rings is 1. The molecule has 3 aromatic rings. The standard InChI is InChI=1S/C25H24N2O5/c28-24-22(27-25(29)32-24)9-5-4-8-19-10-13-21(14-11-19)30-16-20-17-31-23(26-20)15-12-18-6-2-1-3-7-18/h1-3,6-7,10-15,17,22H,4-5,8-9,16H2,(H,27,29). The molecule has 164 valence electrons. The van der Waals surface area contributed by atoms with Crippen LogP contribution in [-0.4, -0.2) is 23.1 Å². The van der Waals surface area contributed by atoms with E-state index in [1.807, 2.05) is 66.7 Å². The summed E-state index contributed by atoms with van der Waals surface area (Å²) < 4.78 is 15.7. The monoisotopic (exact) mass is 432 g/mol. The van der Waals surface area contributed by atoms with Gasteiger partial charge in [0.1, 0.15) is 30.4 Å². The zero-order valence-corrected chi connectivity index (χ0v) is 17.5. The summed E-state index contributed by atoms with van der Waals surface area (Å²) in [6.45, 7) is 0.325. The number of aromatic nitrogens is 1. The van der Waals surface area contributed by atoms with Gasteiger partial charge in [-0.25, -0.2) is 14.6 Å². The quantitative estimate of drug-likeness (QED) is 0.282. The lowest BCUT2D eigenvalue weighted by Gasteiger charge is -2.07. The van der Waals surface area contributed by atoms with Gasteiger partial charge in [0.15, 0.2) is 0 Å². The van der Waals surface area contributed by atoms with Gasteiger partial charge < -0.3 is 19.2 Å². The van der Waals surface area contributed by atoms with Crippen molar-refractivity contribution in [3.05, 3.63) is 83.6 Å². The number of hydrogen-bond donors (Lipinski definition) is 1. The van der Waals surface area contributed by atoms with E-state index in [1.54, 1.807) is 6.26 Å². The lowest BCUT2D eigenvalue weighted by Crippen LogP contribution is -2.28. The molecule has 1 N–H and O–H groups in total. The molecular weight excluding hydrogens is 408 g/mol. The third kappa shape index (κ3) is 6.07. The summed E-state index contributed by atoms with van der Waals surface area (Å²) in [5, 5.41) is 2.51. The molecule has 7 nitrogen and oxygen atoms in total. The van der Waals surface area contributed by atoms with Crippen LogP contribution in [0.3, 0.4) is 0 Å². The average Bonchev–Trinajstić information content (AvgIpc) is 3.40. The van der Waals surface area contributed by atoms with Crippen LogP contribution < -0.4 is 10.1 Å². The van der Waals surface area contributed by atoms with E-state index >= 15 is 0 Å². The van der Waals surface area contributed by atoms with E-state index in [2.05, 4.69) is 15.0 Å². The zero-order valence-electron chi connectivity index (χ0n) is 17.5. The van der Waals surface area contributed by atoms with Crippen molar-refractivity contribution in [3.8, 4) is 5.75 Å². The number of alkyl carbamates (subject to hydrolysis) is 1. The largest absolute Gasteiger partial charge is 0.487 e. The Morgan fingerprint density at radius 1 is 1.00 bits per heavy atom. The minimum Gasteiger partial charge on any atom is -0.487 e. The van der Waals surface area contributed by atoms with Gasteiger partial charge in [-0.3, -0.25) is 0 Å². The van der Waals surface area contributed by atoms with Gasteiger partial charge in [0, 0.05) is 6.08 Å². The summed E-state index contributed by atoms with van der Waals surface area (Å²) in [6, 6.07) is 17.4. The molecule has 0 aliphatic carbocycles. The number of esters is 1. The number of unbranched alkanes of at least 4 members (excludes halogenated alkanes) is 1. The number of carbonyl (C=O) groups excluding carboxylic acids is 2. The van der Waals surface area contributed by atoms with Crippen molar-refractivity contribution in [2.24, 2.45) is 0 Å². The number of nitrogens with one attached hydrogen (secondary N) is 1. The van der Waals surface area contributed by atoms with Crippen LogP contribution in [0.15, 0.2) is 65.3 Å². The Morgan fingerprint density at radius 3 is 2.56 bits per heavy atom. The van der Waals surface area contributed by atoms with Gasteiger partial charge >= 0.3 is 12.1 Å². The number of nitrogens with zero attached hydrogens (tertiary/aromatic N) is 1. The van der Waals surface area contributed by atoms with Crippen molar-refractivity contribution >= 4 is 24.2 Å². The second-order valence-corrected chi connectivity index (χ2v) is 7.50. The predicted molar refractivity (Wildman–Crippen MR) is 119 cm³/mol. The van der Waals surface area contributed by atoms with Crippen LogP contribution in [0.1, 0.15) is 42.0 Å². The number of carbonyl (C=O) groups is 2. The topological polar surface area (TPSA) is 90.7 Å². The summed E-state index contributed by atoms with van der Waals surface area (Å²) >= 11 is 0. The molecule has 1 saturated heterocycles. The Balaban J connectivity index is 1.18. The first-order valence-corrected chi connectivity index (χ1v) is 10.6. The summed E-state index contributed by atoms with van der Waals surface area (Å²) in [5.74, 6) is 0.811. The predicted octanol–water partition coefficient (Wildman–Crippen LogP) is 4.77. The Bertz CT molecular complexity index is 1070. The van der Waals surface area contributed by atoms with Crippen molar-refractivity contribution in [3.63, 3.8) is 0 Å². The number of cyclic esters (lactones) is 2. The maximum Gasteiger partial charge on any atom is 0.415 e. The van der Waals surface area contributed by atoms with Crippen LogP contribution in [0, 0.1) is 0 Å². The molecule has 7 heteroatoms. The second kappa shape index (κ2) is 10.4. The lowest BCUT2D eigenvalue weighted by molar-refractivity contribution is -0.135. The Hall–Kier alpha value is -3.87. The van der Waals surface area contributed by atoms with Gasteiger partial charge in [-0.2, -0.15) is 0 Å². The van der Waals surface area contributed by atoms with Crippen molar-refractivity contribution < 1.29 is 23.5 Å². The molecule has 1 aliphatic rings. The maximum absolute atomic E-state index is 11.4. The molecular formula is C25H24N2O5. The maximum atomic E-state index is 11.4. The van der Waals surface area contributed by atoms with Crippen molar-refractivity contribution in [2.75, 3.05) is 0 Å². The molecule has 2 heterocycles. The molecule has 1 unspecified atom stereocenters. The van der Waals surface area contributed by atoms with E-state index in [9.17, 15) is 9.59 Å². The van der Waals surface area contributed by atoms with Gasteiger partial charge in [-0.05, 0) is 48.6 Å². The highest BCUT2D eigenvalue weighted by molar-refractivity contribution is 5.95. The fraction of sp³-hybridized carbons (Fsp3) is 0.240. The first-order chi connectivity index (χ1) is 15.7.